The van der Waals surface area contributed by atoms with Crippen molar-refractivity contribution in [1.82, 2.24) is 9.38 Å². The van der Waals surface area contributed by atoms with Crippen molar-refractivity contribution in [2.75, 3.05) is 0 Å². The molecule has 2 nitrogen and oxygen atoms in total. The number of rotatable bonds is 0. The van der Waals surface area contributed by atoms with Crippen LogP contribution in [0.25, 0.3) is 16.4 Å². The molecule has 0 aliphatic carbocycles. The molecule has 0 bridgehead atoms. The smallest absolute Gasteiger partial charge is 0.0606 e. The number of benzene rings is 1. The summed E-state index contributed by atoms with van der Waals surface area (Å²) >= 11 is 0. The van der Waals surface area contributed by atoms with Crippen LogP contribution in [-0.2, 0) is 21.1 Å². The fourth-order valence-electron chi connectivity index (χ4n) is 1.76. The first-order valence-electron chi connectivity index (χ1n) is 4.59. The Morgan fingerprint density at radius 1 is 1.33 bits per heavy atom. The van der Waals surface area contributed by atoms with Gasteiger partial charge in [-0.15, -0.1) is 35.0 Å². The van der Waals surface area contributed by atoms with Crippen LogP contribution in [0.3, 0.4) is 0 Å². The minimum absolute atomic E-state index is 0. The Hall–Kier alpha value is -1.14. The van der Waals surface area contributed by atoms with E-state index in [-0.39, 0.29) is 21.1 Å². The minimum atomic E-state index is 0. The Bertz CT molecular complexity index is 613. The molecule has 0 fully saturated rings. The van der Waals surface area contributed by atoms with Crippen molar-refractivity contribution < 1.29 is 21.1 Å². The first-order valence-corrected chi connectivity index (χ1v) is 4.59. The van der Waals surface area contributed by atoms with Crippen LogP contribution in [0.1, 0.15) is 5.69 Å². The summed E-state index contributed by atoms with van der Waals surface area (Å²) in [7, 11) is 0. The van der Waals surface area contributed by atoms with E-state index >= 15 is 0 Å². The van der Waals surface area contributed by atoms with Crippen LogP contribution in [0.5, 0.6) is 0 Å². The monoisotopic (exact) mass is 376 g/mol. The van der Waals surface area contributed by atoms with Crippen LogP contribution in [0.4, 0.5) is 0 Å². The maximum Gasteiger partial charge on any atom is 0.0606 e. The summed E-state index contributed by atoms with van der Waals surface area (Å²) in [4.78, 5) is 4.47. The predicted octanol–water partition coefficient (Wildman–Crippen LogP) is 2.59. The van der Waals surface area contributed by atoms with Crippen LogP contribution >= 0.6 is 0 Å². The second-order valence-electron chi connectivity index (χ2n) is 3.43. The summed E-state index contributed by atoms with van der Waals surface area (Å²) in [6.45, 7) is 2.00. The van der Waals surface area contributed by atoms with E-state index < -0.39 is 0 Å². The second-order valence-corrected chi connectivity index (χ2v) is 3.43. The largest absolute Gasteiger partial charge is 0.347 e. The Balaban J connectivity index is 0.000000853. The molecular formula is C12H9N2Pt-. The predicted molar refractivity (Wildman–Crippen MR) is 56.3 cm³/mol. The third-order valence-corrected chi connectivity index (χ3v) is 2.38. The normalized spacial score (nSPS) is 10.5. The van der Waals surface area contributed by atoms with E-state index in [9.17, 15) is 0 Å². The molecule has 0 radical (unpaired) electrons. The van der Waals surface area contributed by atoms with Crippen molar-refractivity contribution in [3.63, 3.8) is 0 Å². The summed E-state index contributed by atoms with van der Waals surface area (Å²) in [5, 5.41) is 2.27. The Kier molecular flexibility index (Phi) is 2.62. The first-order chi connectivity index (χ1) is 6.84. The number of aromatic nitrogens is 2. The van der Waals surface area contributed by atoms with Gasteiger partial charge in [-0.1, -0.05) is 6.07 Å². The quantitative estimate of drug-likeness (QED) is 0.552. The summed E-state index contributed by atoms with van der Waals surface area (Å²) in [6.07, 6.45) is 4.06. The molecule has 0 unspecified atom stereocenters. The molecule has 3 rings (SSSR count). The first kappa shape index (κ1) is 10.4. The molecule has 2 heterocycles. The Morgan fingerprint density at radius 2 is 2.20 bits per heavy atom. The van der Waals surface area contributed by atoms with E-state index in [1.807, 2.05) is 35.9 Å². The zero-order valence-corrected chi connectivity index (χ0v) is 10.4. The van der Waals surface area contributed by atoms with Gasteiger partial charge in [0.2, 0.25) is 0 Å². The average molecular weight is 376 g/mol. The maximum absolute atomic E-state index is 4.47. The number of fused-ring (bicyclic) bond motifs is 3. The van der Waals surface area contributed by atoms with E-state index in [0.717, 1.165) is 16.7 Å². The Morgan fingerprint density at radius 3 is 3.07 bits per heavy atom. The van der Waals surface area contributed by atoms with Gasteiger partial charge in [-0.05, 0) is 13.1 Å². The number of pyridine rings is 1. The third-order valence-electron chi connectivity index (χ3n) is 2.38. The van der Waals surface area contributed by atoms with E-state index in [4.69, 9.17) is 0 Å². The molecule has 1 aromatic carbocycles. The van der Waals surface area contributed by atoms with Crippen LogP contribution in [-0.4, -0.2) is 9.38 Å². The van der Waals surface area contributed by atoms with Gasteiger partial charge < -0.3 is 4.40 Å². The molecule has 15 heavy (non-hydrogen) atoms. The summed E-state index contributed by atoms with van der Waals surface area (Å²) in [5.41, 5.74) is 2.02. The van der Waals surface area contributed by atoms with Gasteiger partial charge in [0.1, 0.15) is 0 Å². The van der Waals surface area contributed by atoms with Crippen LogP contribution in [0.15, 0.2) is 36.7 Å². The van der Waals surface area contributed by atoms with Crippen molar-refractivity contribution in [3.8, 4) is 0 Å². The average Bonchev–Trinajstić information content (AvgIpc) is 2.59. The van der Waals surface area contributed by atoms with Gasteiger partial charge in [-0.2, -0.15) is 0 Å². The molecule has 0 aliphatic rings. The third kappa shape index (κ3) is 1.59. The number of aryl methyl sites for hydroxylation is 1. The standard InChI is InChI=1S/C12H9N2.Pt/c1-9-8-14-7-6-10-4-2-3-5-11(10)12(14)13-9;/h2-4,6-8H,1H3;/q-1;. The Labute approximate surface area is 102 Å². The van der Waals surface area contributed by atoms with Crippen LogP contribution in [0.2, 0.25) is 0 Å². The van der Waals surface area contributed by atoms with Crippen molar-refractivity contribution in [2.45, 2.75) is 6.92 Å². The fourth-order valence-corrected chi connectivity index (χ4v) is 1.76. The zero-order valence-electron chi connectivity index (χ0n) is 8.17. The number of hydrogen-bond donors (Lipinski definition) is 0. The molecule has 0 saturated carbocycles. The molecule has 0 atom stereocenters. The molecule has 0 aliphatic heterocycles. The van der Waals surface area contributed by atoms with Crippen LogP contribution in [0, 0.1) is 13.0 Å². The van der Waals surface area contributed by atoms with Gasteiger partial charge in [0.25, 0.3) is 0 Å². The molecule has 3 aromatic rings. The molecule has 3 heteroatoms. The van der Waals surface area contributed by atoms with E-state index in [2.05, 4.69) is 23.2 Å². The van der Waals surface area contributed by atoms with Gasteiger partial charge in [0.15, 0.2) is 0 Å². The zero-order chi connectivity index (χ0) is 9.54. The summed E-state index contributed by atoms with van der Waals surface area (Å²) in [6, 6.07) is 11.3. The molecule has 0 N–H and O–H groups in total. The van der Waals surface area contributed by atoms with Gasteiger partial charge >= 0.3 is 0 Å². The molecule has 0 amide bonds. The van der Waals surface area contributed by atoms with E-state index in [1.165, 1.54) is 5.39 Å². The van der Waals surface area contributed by atoms with Gasteiger partial charge in [0, 0.05) is 33.0 Å². The van der Waals surface area contributed by atoms with Crippen molar-refractivity contribution in [1.29, 1.82) is 0 Å². The van der Waals surface area contributed by atoms with Gasteiger partial charge in [-0.25, -0.2) is 0 Å². The van der Waals surface area contributed by atoms with Crippen molar-refractivity contribution >= 4 is 16.4 Å². The van der Waals surface area contributed by atoms with Gasteiger partial charge in [-0.3, -0.25) is 4.98 Å². The molecular weight excluding hydrogens is 367 g/mol. The maximum atomic E-state index is 4.47. The number of nitrogens with zero attached hydrogens (tertiary/aromatic N) is 2. The topological polar surface area (TPSA) is 17.3 Å². The summed E-state index contributed by atoms with van der Waals surface area (Å²) < 4.78 is 2.04. The number of imidazole rings is 1. The van der Waals surface area contributed by atoms with Crippen LogP contribution < -0.4 is 0 Å². The molecule has 0 saturated heterocycles. The molecule has 2 aromatic heterocycles. The summed E-state index contributed by atoms with van der Waals surface area (Å²) in [5.74, 6) is 0. The van der Waals surface area contributed by atoms with E-state index in [1.54, 1.807) is 0 Å². The van der Waals surface area contributed by atoms with E-state index in [0.29, 0.717) is 0 Å². The van der Waals surface area contributed by atoms with Crippen molar-refractivity contribution in [2.24, 2.45) is 0 Å². The molecule has 0 spiro atoms. The fraction of sp³-hybridized carbons (Fsp3) is 0.0833. The van der Waals surface area contributed by atoms with Gasteiger partial charge in [0.05, 0.1) is 5.65 Å². The number of hydrogen-bond acceptors (Lipinski definition) is 1. The molecule has 78 valence electrons. The minimum Gasteiger partial charge on any atom is -0.347 e. The second kappa shape index (κ2) is 3.78. The van der Waals surface area contributed by atoms with Crippen molar-refractivity contribution in [3.05, 3.63) is 48.4 Å². The SMILES string of the molecule is Cc1cn2ccc3ccc[c-]c3c2n1.[Pt].